The number of aromatic nitrogens is 5. The first-order valence-electron chi connectivity index (χ1n) is 20.7. The fourth-order valence-corrected chi connectivity index (χ4v) is 12.1. The number of para-hydroxylation sites is 1. The molecule has 5 aromatic rings. The SMILES string of the molecule is C[C@@H]1c2c(C(F)F)nn(CC(=O)N[C@@H](Cc3cc(F)cc(F)c3)c3nc(CCC(C)(C)S(=O)(=O)C4CC4)ccc3-c3cccc4c(NS(=O)(=O)C5CC5)nn(C)c34)c2C(F)(F)[C@@H]1C. The van der Waals surface area contributed by atoms with E-state index in [1.165, 1.54) is 18.5 Å². The Labute approximate surface area is 360 Å². The molecule has 20 heteroatoms. The third kappa shape index (κ3) is 8.32. The zero-order valence-corrected chi connectivity index (χ0v) is 36.7. The van der Waals surface area contributed by atoms with Gasteiger partial charge in [0.05, 0.1) is 32.5 Å². The molecule has 3 aromatic heterocycles. The lowest BCUT2D eigenvalue weighted by Gasteiger charge is -2.26. The number of rotatable bonds is 16. The third-order valence-electron chi connectivity index (χ3n) is 12.7. The van der Waals surface area contributed by atoms with Crippen molar-refractivity contribution in [2.24, 2.45) is 13.0 Å². The largest absolute Gasteiger partial charge is 0.346 e. The Morgan fingerprint density at radius 1 is 0.921 bits per heavy atom. The van der Waals surface area contributed by atoms with Crippen molar-refractivity contribution in [1.82, 2.24) is 29.9 Å². The zero-order chi connectivity index (χ0) is 45.6. The first-order valence-corrected chi connectivity index (χ1v) is 23.8. The van der Waals surface area contributed by atoms with Crippen LogP contribution >= 0.6 is 0 Å². The molecule has 2 fully saturated rings. The molecule has 338 valence electrons. The van der Waals surface area contributed by atoms with Crippen molar-refractivity contribution in [1.29, 1.82) is 0 Å². The minimum Gasteiger partial charge on any atom is -0.346 e. The minimum absolute atomic E-state index is 0.0669. The maximum absolute atomic E-state index is 15.7. The predicted molar refractivity (Wildman–Crippen MR) is 223 cm³/mol. The molecule has 2 aromatic carbocycles. The number of hydrogen-bond donors (Lipinski definition) is 2. The molecule has 0 spiro atoms. The van der Waals surface area contributed by atoms with Crippen LogP contribution in [0.15, 0.2) is 48.5 Å². The van der Waals surface area contributed by atoms with Gasteiger partial charge in [0, 0.05) is 46.8 Å². The van der Waals surface area contributed by atoms with Crippen LogP contribution in [0.1, 0.15) is 112 Å². The fourth-order valence-electron chi connectivity index (χ4n) is 8.68. The summed E-state index contributed by atoms with van der Waals surface area (Å²) in [4.78, 5) is 19.2. The van der Waals surface area contributed by atoms with Crippen LogP contribution in [-0.2, 0) is 57.0 Å². The number of sulfone groups is 1. The molecule has 3 atom stereocenters. The van der Waals surface area contributed by atoms with Crippen LogP contribution in [-0.4, -0.2) is 62.5 Å². The Morgan fingerprint density at radius 3 is 2.22 bits per heavy atom. The van der Waals surface area contributed by atoms with Crippen molar-refractivity contribution in [2.45, 2.75) is 119 Å². The molecule has 0 bridgehead atoms. The van der Waals surface area contributed by atoms with E-state index in [1.807, 2.05) is 0 Å². The third-order valence-corrected chi connectivity index (χ3v) is 17.6. The number of pyridine rings is 1. The first-order chi connectivity index (χ1) is 29.5. The molecule has 2 N–H and O–H groups in total. The smallest absolute Gasteiger partial charge is 0.292 e. The Kier molecular flexibility index (Phi) is 11.3. The van der Waals surface area contributed by atoms with Crippen molar-refractivity contribution in [3.8, 4) is 11.1 Å². The van der Waals surface area contributed by atoms with E-state index in [0.717, 1.165) is 12.1 Å². The molecule has 0 radical (unpaired) electrons. The maximum atomic E-state index is 15.7. The Balaban J connectivity index is 1.25. The van der Waals surface area contributed by atoms with Crippen molar-refractivity contribution >= 4 is 42.5 Å². The summed E-state index contributed by atoms with van der Waals surface area (Å²) in [6.45, 7) is 4.99. The predicted octanol–water partition coefficient (Wildman–Crippen LogP) is 8.19. The van der Waals surface area contributed by atoms with Crippen LogP contribution in [0.25, 0.3) is 22.0 Å². The van der Waals surface area contributed by atoms with E-state index >= 15 is 8.78 Å². The quantitative estimate of drug-likeness (QED) is 0.0939. The topological polar surface area (TPSA) is 158 Å². The van der Waals surface area contributed by atoms with Crippen LogP contribution < -0.4 is 10.0 Å². The minimum atomic E-state index is -3.74. The molecule has 0 unspecified atom stereocenters. The van der Waals surface area contributed by atoms with Gasteiger partial charge in [-0.15, -0.1) is 0 Å². The summed E-state index contributed by atoms with van der Waals surface area (Å²) < 4.78 is 146. The van der Waals surface area contributed by atoms with Crippen molar-refractivity contribution in [3.05, 3.63) is 94.1 Å². The van der Waals surface area contributed by atoms with Crippen LogP contribution in [0.5, 0.6) is 0 Å². The number of hydrogen-bond acceptors (Lipinski definition) is 8. The van der Waals surface area contributed by atoms with Crippen LogP contribution in [0.4, 0.5) is 32.2 Å². The highest BCUT2D eigenvalue weighted by Gasteiger charge is 2.55. The van der Waals surface area contributed by atoms with Gasteiger partial charge >= 0.3 is 0 Å². The van der Waals surface area contributed by atoms with E-state index in [9.17, 15) is 39.2 Å². The molecule has 63 heavy (non-hydrogen) atoms. The second kappa shape index (κ2) is 15.9. The van der Waals surface area contributed by atoms with Gasteiger partial charge in [0.2, 0.25) is 15.9 Å². The van der Waals surface area contributed by atoms with Crippen LogP contribution in [0.2, 0.25) is 0 Å². The summed E-state index contributed by atoms with van der Waals surface area (Å²) in [6, 6.07) is 9.87. The van der Waals surface area contributed by atoms with E-state index in [4.69, 9.17) is 4.98 Å². The van der Waals surface area contributed by atoms with Crippen molar-refractivity contribution in [3.63, 3.8) is 0 Å². The highest BCUT2D eigenvalue weighted by molar-refractivity contribution is 7.93. The lowest BCUT2D eigenvalue weighted by Crippen LogP contribution is -2.36. The first kappa shape index (κ1) is 44.6. The summed E-state index contributed by atoms with van der Waals surface area (Å²) in [6.07, 6.45) is -1.04. The number of carbonyl (C=O) groups is 1. The number of halogens is 6. The van der Waals surface area contributed by atoms with Gasteiger partial charge < -0.3 is 5.32 Å². The molecule has 3 heterocycles. The number of alkyl halides is 4. The van der Waals surface area contributed by atoms with Crippen molar-refractivity contribution in [2.75, 3.05) is 4.72 Å². The highest BCUT2D eigenvalue weighted by atomic mass is 32.2. The number of carbonyl (C=O) groups excluding carboxylic acids is 1. The number of fused-ring (bicyclic) bond motifs is 2. The Bertz CT molecular complexity index is 2840. The number of aryl methyl sites for hydroxylation is 2. The molecule has 1 amide bonds. The normalized spacial score (nSPS) is 19.4. The van der Waals surface area contributed by atoms with Gasteiger partial charge in [-0.2, -0.15) is 19.0 Å². The standard InChI is InChI=1S/C43H47F6N7O5S2/c1-22-23(2)43(48,49)39-35(22)37(40(46)47)52-56(39)21-34(57)51-33(19-24-17-25(44)20-26(45)18-24)36-30(14-9-27(50-36)15-16-42(3,4)62(58,59)28-10-11-28)31-7-6-8-32-38(31)55(5)53-41(32)54-63(60,61)29-12-13-29/h6-9,14,17-18,20,22-23,28-29,33,40H,10-13,15-16,19,21H2,1-5H3,(H,51,57)(H,53,54)/t22-,23+,33-/m0/s1. The second-order valence-electron chi connectivity index (χ2n) is 17.7. The fraction of sp³-hybridized carbons (Fsp3) is 0.488. The molecule has 12 nitrogen and oxygen atoms in total. The van der Waals surface area contributed by atoms with Gasteiger partial charge in [-0.05, 0) is 94.5 Å². The van der Waals surface area contributed by atoms with E-state index in [-0.39, 0.29) is 41.9 Å². The summed E-state index contributed by atoms with van der Waals surface area (Å²) in [5.74, 6) is -8.71. The van der Waals surface area contributed by atoms with Gasteiger partial charge in [0.15, 0.2) is 15.7 Å². The summed E-state index contributed by atoms with van der Waals surface area (Å²) in [5.41, 5.74) is -0.155. The molecule has 0 aliphatic heterocycles. The van der Waals surface area contributed by atoms with Crippen molar-refractivity contribution < 1.29 is 48.0 Å². The number of amides is 1. The van der Waals surface area contributed by atoms with Crippen LogP contribution in [0.3, 0.4) is 0 Å². The van der Waals surface area contributed by atoms with E-state index in [1.54, 1.807) is 51.2 Å². The number of nitrogens with one attached hydrogen (secondary N) is 2. The Hall–Kier alpha value is -4.98. The average molecular weight is 920 g/mol. The van der Waals surface area contributed by atoms with E-state index in [0.29, 0.717) is 64.2 Å². The monoisotopic (exact) mass is 919 g/mol. The van der Waals surface area contributed by atoms with Gasteiger partial charge in [-0.1, -0.05) is 32.0 Å². The second-order valence-corrected chi connectivity index (χ2v) is 22.5. The lowest BCUT2D eigenvalue weighted by molar-refractivity contribution is -0.123. The summed E-state index contributed by atoms with van der Waals surface area (Å²) in [7, 11) is -5.63. The molecule has 3 aliphatic rings. The lowest BCUT2D eigenvalue weighted by atomic mass is 9.93. The molecular weight excluding hydrogens is 873 g/mol. The van der Waals surface area contributed by atoms with Gasteiger partial charge in [-0.3, -0.25) is 23.9 Å². The molecule has 2 saturated carbocycles. The molecule has 0 saturated heterocycles. The van der Waals surface area contributed by atoms with Gasteiger partial charge in [-0.25, -0.2) is 34.4 Å². The van der Waals surface area contributed by atoms with E-state index < -0.39 is 101 Å². The van der Waals surface area contributed by atoms with Gasteiger partial charge in [0.25, 0.3) is 12.3 Å². The van der Waals surface area contributed by atoms with Crippen LogP contribution in [0, 0.1) is 17.6 Å². The molecule has 3 aliphatic carbocycles. The number of benzene rings is 2. The zero-order valence-electron chi connectivity index (χ0n) is 35.1. The number of sulfonamides is 1. The molecular formula is C43H47F6N7O5S2. The Morgan fingerprint density at radius 2 is 1.59 bits per heavy atom. The number of nitrogens with zero attached hydrogens (tertiary/aromatic N) is 5. The summed E-state index contributed by atoms with van der Waals surface area (Å²) >= 11 is 0. The average Bonchev–Trinajstić information content (AvgIpc) is 4.14. The number of anilines is 1. The van der Waals surface area contributed by atoms with Gasteiger partial charge in [0.1, 0.15) is 29.6 Å². The molecule has 8 rings (SSSR count). The summed E-state index contributed by atoms with van der Waals surface area (Å²) in [5, 5.41) is 10.5. The highest BCUT2D eigenvalue weighted by Crippen LogP contribution is 2.54. The maximum Gasteiger partial charge on any atom is 0.292 e. The van der Waals surface area contributed by atoms with E-state index in [2.05, 4.69) is 20.2 Å².